The van der Waals surface area contributed by atoms with E-state index in [2.05, 4.69) is 276 Å². The van der Waals surface area contributed by atoms with E-state index in [1.54, 1.807) is 0 Å². The molecule has 0 radical (unpaired) electrons. The van der Waals surface area contributed by atoms with Crippen LogP contribution in [0.4, 0.5) is 17.1 Å². The minimum atomic E-state index is -0.481. The minimum Gasteiger partial charge on any atom is -0.310 e. The third-order valence-electron chi connectivity index (χ3n) is 14.8. The number of hydrogen-bond acceptors (Lipinski definition) is 1. The van der Waals surface area contributed by atoms with Crippen molar-refractivity contribution in [3.05, 3.63) is 289 Å². The first-order valence-corrected chi connectivity index (χ1v) is 23.9. The van der Waals surface area contributed by atoms with Crippen LogP contribution >= 0.6 is 0 Å². The fourth-order valence-corrected chi connectivity index (χ4v) is 11.9. The zero-order chi connectivity index (χ0) is 45.5. The molecule has 0 bridgehead atoms. The van der Waals surface area contributed by atoms with Crippen molar-refractivity contribution in [2.24, 2.45) is 0 Å². The molecule has 0 aliphatic heterocycles. The monoisotopic (exact) mass is 876 g/mol. The lowest BCUT2D eigenvalue weighted by molar-refractivity contribution is 0.793. The molecule has 1 heterocycles. The number of hydrogen-bond donors (Lipinski definition) is 0. The van der Waals surface area contributed by atoms with Crippen molar-refractivity contribution in [2.75, 3.05) is 4.90 Å². The molecule has 2 heteroatoms. The number of fused-ring (bicyclic) bond motifs is 13. The third-order valence-corrected chi connectivity index (χ3v) is 14.8. The van der Waals surface area contributed by atoms with Gasteiger partial charge in [0.05, 0.1) is 16.4 Å². The van der Waals surface area contributed by atoms with Gasteiger partial charge in [0.25, 0.3) is 0 Å². The molecule has 2 aliphatic carbocycles. The maximum absolute atomic E-state index is 2.51. The molecule has 12 aromatic rings. The smallest absolute Gasteiger partial charge is 0.0726 e. The van der Waals surface area contributed by atoms with Crippen LogP contribution in [0.25, 0.3) is 83.1 Å². The Morgan fingerprint density at radius 2 is 0.768 bits per heavy atom. The van der Waals surface area contributed by atoms with E-state index in [0.717, 1.165) is 28.3 Å². The highest BCUT2D eigenvalue weighted by molar-refractivity contribution is 6.17. The Morgan fingerprint density at radius 1 is 0.275 bits per heavy atom. The Labute approximate surface area is 402 Å². The summed E-state index contributed by atoms with van der Waals surface area (Å²) in [5, 5.41) is 2.45. The van der Waals surface area contributed by atoms with Crippen molar-refractivity contribution in [3.63, 3.8) is 0 Å². The third kappa shape index (κ3) is 5.92. The molecule has 0 amide bonds. The van der Waals surface area contributed by atoms with Crippen LogP contribution in [0.15, 0.2) is 267 Å². The van der Waals surface area contributed by atoms with Crippen molar-refractivity contribution in [1.29, 1.82) is 0 Å². The van der Waals surface area contributed by atoms with E-state index in [9.17, 15) is 0 Å². The average Bonchev–Trinajstić information content (AvgIpc) is 4.03. The summed E-state index contributed by atoms with van der Waals surface area (Å²) in [6.45, 7) is 0. The lowest BCUT2D eigenvalue weighted by Gasteiger charge is -2.32. The number of rotatable bonds is 7. The molecule has 11 aromatic carbocycles. The van der Waals surface area contributed by atoms with Crippen LogP contribution < -0.4 is 4.90 Å². The highest BCUT2D eigenvalue weighted by Gasteiger charge is 2.51. The summed E-state index contributed by atoms with van der Waals surface area (Å²) in [5.41, 5.74) is 23.8. The predicted molar refractivity (Wildman–Crippen MR) is 288 cm³/mol. The van der Waals surface area contributed by atoms with Gasteiger partial charge in [-0.25, -0.2) is 0 Å². The van der Waals surface area contributed by atoms with Crippen molar-refractivity contribution in [3.8, 4) is 61.3 Å². The molecule has 0 unspecified atom stereocenters. The first-order valence-electron chi connectivity index (χ1n) is 23.9. The van der Waals surface area contributed by atoms with Gasteiger partial charge in [-0.3, -0.25) is 0 Å². The van der Waals surface area contributed by atoms with E-state index >= 15 is 0 Å². The molecule has 14 rings (SSSR count). The lowest BCUT2D eigenvalue weighted by Crippen LogP contribution is -2.26. The summed E-state index contributed by atoms with van der Waals surface area (Å²) in [6, 6.07) is 98.7. The van der Waals surface area contributed by atoms with Crippen molar-refractivity contribution in [2.45, 2.75) is 5.41 Å². The van der Waals surface area contributed by atoms with Gasteiger partial charge >= 0.3 is 0 Å². The predicted octanol–water partition coefficient (Wildman–Crippen LogP) is 17.6. The molecule has 2 aliphatic rings. The highest BCUT2D eigenvalue weighted by atomic mass is 15.1. The quantitative estimate of drug-likeness (QED) is 0.155. The van der Waals surface area contributed by atoms with Crippen LogP contribution in [0.3, 0.4) is 0 Å². The number of para-hydroxylation sites is 2. The van der Waals surface area contributed by atoms with E-state index in [-0.39, 0.29) is 0 Å². The molecule has 0 atom stereocenters. The molecule has 322 valence electrons. The average molecular weight is 877 g/mol. The first kappa shape index (κ1) is 39.2. The Kier molecular flexibility index (Phi) is 8.84. The lowest BCUT2D eigenvalue weighted by atomic mass is 9.70. The SMILES string of the molecule is c1ccc(-c2ccc(N(c3ccc4c(c3)C3(c5ccccc5-c5ccccc53)c3ccccc3-4)c3cc(-c4cccc(-c5ccccc5)c4)c4c5ccccc5n(-c5ccccc5)c4c3)cc2)cc1. The summed E-state index contributed by atoms with van der Waals surface area (Å²) >= 11 is 0. The summed E-state index contributed by atoms with van der Waals surface area (Å²) in [5.74, 6) is 0. The van der Waals surface area contributed by atoms with Crippen molar-refractivity contribution in [1.82, 2.24) is 4.57 Å². The topological polar surface area (TPSA) is 8.17 Å². The van der Waals surface area contributed by atoms with Gasteiger partial charge in [-0.05, 0) is 139 Å². The largest absolute Gasteiger partial charge is 0.310 e. The van der Waals surface area contributed by atoms with E-state index < -0.39 is 5.41 Å². The minimum absolute atomic E-state index is 0.481. The van der Waals surface area contributed by atoms with Gasteiger partial charge in [-0.2, -0.15) is 0 Å². The second kappa shape index (κ2) is 15.6. The molecular weight excluding hydrogens is 833 g/mol. The van der Waals surface area contributed by atoms with Gasteiger partial charge < -0.3 is 9.47 Å². The van der Waals surface area contributed by atoms with Gasteiger partial charge in [0.15, 0.2) is 0 Å². The van der Waals surface area contributed by atoms with Crippen LogP contribution in [-0.2, 0) is 5.41 Å². The van der Waals surface area contributed by atoms with Crippen LogP contribution in [0.1, 0.15) is 22.3 Å². The fraction of sp³-hybridized carbons (Fsp3) is 0.0149. The van der Waals surface area contributed by atoms with Crippen molar-refractivity contribution < 1.29 is 0 Å². The summed E-state index contributed by atoms with van der Waals surface area (Å²) in [4.78, 5) is 2.50. The zero-order valence-electron chi connectivity index (χ0n) is 37.8. The molecule has 0 saturated carbocycles. The van der Waals surface area contributed by atoms with E-state index in [1.165, 1.54) is 94.2 Å². The molecular formula is C67H44N2. The Morgan fingerprint density at radius 3 is 1.42 bits per heavy atom. The van der Waals surface area contributed by atoms with Crippen LogP contribution in [0.2, 0.25) is 0 Å². The van der Waals surface area contributed by atoms with E-state index in [1.807, 2.05) is 0 Å². The molecule has 0 saturated heterocycles. The standard InChI is InChI=1S/C67H44N2/c1-4-19-45(20-5-1)47-35-37-51(38-36-47)68(52-39-40-57-56-29-12-16-33-62(56)67(63(57)43-52)60-31-14-10-27-54(60)55-28-11-15-32-61(55)67)53-42-59(49-24-18-23-48(41-49)46-21-6-2-7-22-46)66-58-30-13-17-34-64(58)69(65(66)44-53)50-25-8-3-9-26-50/h1-44H. The van der Waals surface area contributed by atoms with Crippen LogP contribution in [0.5, 0.6) is 0 Å². The summed E-state index contributed by atoms with van der Waals surface area (Å²) in [6.07, 6.45) is 0. The fourth-order valence-electron chi connectivity index (χ4n) is 11.9. The van der Waals surface area contributed by atoms with Gasteiger partial charge in [0.1, 0.15) is 0 Å². The van der Waals surface area contributed by atoms with Crippen LogP contribution in [0, 0.1) is 0 Å². The van der Waals surface area contributed by atoms with E-state index in [4.69, 9.17) is 0 Å². The number of aromatic nitrogens is 1. The molecule has 1 spiro atoms. The molecule has 1 aromatic heterocycles. The van der Waals surface area contributed by atoms with Gasteiger partial charge in [0, 0.05) is 33.5 Å². The zero-order valence-corrected chi connectivity index (χ0v) is 37.8. The Bertz CT molecular complexity index is 3880. The highest BCUT2D eigenvalue weighted by Crippen LogP contribution is 2.63. The maximum atomic E-state index is 2.51. The molecule has 0 N–H and O–H groups in total. The van der Waals surface area contributed by atoms with Gasteiger partial charge in [0.2, 0.25) is 0 Å². The normalized spacial score (nSPS) is 12.8. The summed E-state index contributed by atoms with van der Waals surface area (Å²) < 4.78 is 2.45. The second-order valence-electron chi connectivity index (χ2n) is 18.4. The first-order chi connectivity index (χ1) is 34.2. The second-order valence-corrected chi connectivity index (χ2v) is 18.4. The number of benzene rings is 11. The van der Waals surface area contributed by atoms with Gasteiger partial charge in [-0.15, -0.1) is 0 Å². The van der Waals surface area contributed by atoms with Gasteiger partial charge in [-0.1, -0.05) is 206 Å². The number of nitrogens with zero attached hydrogens (tertiary/aromatic N) is 2. The van der Waals surface area contributed by atoms with Crippen LogP contribution in [-0.4, -0.2) is 4.57 Å². The van der Waals surface area contributed by atoms with Crippen molar-refractivity contribution >= 4 is 38.9 Å². The molecule has 2 nitrogen and oxygen atoms in total. The number of anilines is 3. The summed E-state index contributed by atoms with van der Waals surface area (Å²) in [7, 11) is 0. The van der Waals surface area contributed by atoms with E-state index in [0.29, 0.717) is 0 Å². The Hall–Kier alpha value is -8.98. The molecule has 69 heavy (non-hydrogen) atoms. The Balaban J connectivity index is 1.07. The molecule has 0 fully saturated rings. The maximum Gasteiger partial charge on any atom is 0.0726 e.